The summed E-state index contributed by atoms with van der Waals surface area (Å²) in [5.74, 6) is -4.06. The van der Waals surface area contributed by atoms with E-state index >= 15 is 0 Å². The fourth-order valence-corrected chi connectivity index (χ4v) is 3.88. The van der Waals surface area contributed by atoms with Gasteiger partial charge in [0.2, 0.25) is 0 Å². The first-order valence-electron chi connectivity index (χ1n) is 9.62. The Labute approximate surface area is 183 Å². The van der Waals surface area contributed by atoms with E-state index in [2.05, 4.69) is 10.1 Å². The highest BCUT2D eigenvalue weighted by Crippen LogP contribution is 2.41. The summed E-state index contributed by atoms with van der Waals surface area (Å²) < 4.78 is 88.4. The molecule has 1 amide bonds. The van der Waals surface area contributed by atoms with Crippen molar-refractivity contribution in [2.24, 2.45) is 0 Å². The van der Waals surface area contributed by atoms with Gasteiger partial charge in [-0.3, -0.25) is 4.79 Å². The second-order valence-corrected chi connectivity index (χ2v) is 7.52. The normalized spacial score (nSPS) is 20.9. The van der Waals surface area contributed by atoms with Crippen LogP contribution in [0.15, 0.2) is 49.1 Å². The summed E-state index contributed by atoms with van der Waals surface area (Å²) in [6.07, 6.45) is -2.21. The van der Waals surface area contributed by atoms with Crippen molar-refractivity contribution < 1.29 is 35.9 Å². The third kappa shape index (κ3) is 4.06. The zero-order valence-electron chi connectivity index (χ0n) is 17.0. The molecule has 0 unspecified atom stereocenters. The third-order valence-electron chi connectivity index (χ3n) is 5.64. The third-order valence-corrected chi connectivity index (χ3v) is 5.64. The van der Waals surface area contributed by atoms with Crippen LogP contribution in [0.5, 0.6) is 0 Å². The lowest BCUT2D eigenvalue weighted by atomic mass is 9.86. The standard InChI is InChI=1S/C21H16F6N4O2/c1-12-20(8-30-10-28-9-29-30,16-5-3-14(22)7-18(16)24)33-11-31(12)19(32)15-4-2-13(6-17(15)23)21(25,26)27/h2-7,9-10,12H,8,11H2,1H3/t12-,20-/m0/s1. The van der Waals surface area contributed by atoms with E-state index in [9.17, 15) is 31.1 Å². The number of ether oxygens (including phenoxy) is 1. The van der Waals surface area contributed by atoms with Gasteiger partial charge in [-0.25, -0.2) is 22.8 Å². The quantitative estimate of drug-likeness (QED) is 0.539. The molecule has 4 rings (SSSR count). The van der Waals surface area contributed by atoms with Gasteiger partial charge in [-0.1, -0.05) is 6.07 Å². The van der Waals surface area contributed by atoms with Crippen molar-refractivity contribution in [2.75, 3.05) is 6.73 Å². The Morgan fingerprint density at radius 3 is 2.52 bits per heavy atom. The molecule has 2 aromatic carbocycles. The van der Waals surface area contributed by atoms with Gasteiger partial charge < -0.3 is 9.64 Å². The van der Waals surface area contributed by atoms with Crippen LogP contribution >= 0.6 is 0 Å². The Kier molecular flexibility index (Phi) is 5.64. The van der Waals surface area contributed by atoms with Crippen LogP contribution in [-0.2, 0) is 23.1 Å². The average Bonchev–Trinajstić information content (AvgIpc) is 3.36. The number of hydrogen-bond donors (Lipinski definition) is 0. The summed E-state index contributed by atoms with van der Waals surface area (Å²) >= 11 is 0. The van der Waals surface area contributed by atoms with Crippen LogP contribution in [0.4, 0.5) is 26.3 Å². The van der Waals surface area contributed by atoms with Gasteiger partial charge >= 0.3 is 6.18 Å². The molecule has 2 atom stereocenters. The Balaban J connectivity index is 1.72. The molecule has 0 saturated carbocycles. The average molecular weight is 470 g/mol. The SMILES string of the molecule is C[C@@H]1N(C(=O)c2ccc(C(F)(F)F)cc2F)CO[C@]1(Cn1cncn1)c1ccc(F)cc1F. The number of carbonyl (C=O) groups is 1. The van der Waals surface area contributed by atoms with Crippen molar-refractivity contribution in [3.8, 4) is 0 Å². The van der Waals surface area contributed by atoms with Crippen LogP contribution in [-0.4, -0.2) is 38.3 Å². The van der Waals surface area contributed by atoms with Crippen LogP contribution < -0.4 is 0 Å². The highest BCUT2D eigenvalue weighted by Gasteiger charge is 2.51. The second-order valence-electron chi connectivity index (χ2n) is 7.52. The molecule has 1 aromatic heterocycles. The molecule has 0 aliphatic carbocycles. The molecule has 0 radical (unpaired) electrons. The number of alkyl halides is 3. The van der Waals surface area contributed by atoms with Crippen molar-refractivity contribution >= 4 is 5.91 Å². The summed E-state index contributed by atoms with van der Waals surface area (Å²) in [5.41, 5.74) is -3.48. The summed E-state index contributed by atoms with van der Waals surface area (Å²) in [7, 11) is 0. The van der Waals surface area contributed by atoms with Gasteiger partial charge in [-0.2, -0.15) is 18.3 Å². The van der Waals surface area contributed by atoms with Crippen molar-refractivity contribution in [2.45, 2.75) is 31.3 Å². The lowest BCUT2D eigenvalue weighted by molar-refractivity contribution is -0.137. The number of hydrogen-bond acceptors (Lipinski definition) is 4. The number of benzene rings is 2. The molecular formula is C21H16F6N4O2. The van der Waals surface area contributed by atoms with Crippen LogP contribution in [0.2, 0.25) is 0 Å². The van der Waals surface area contributed by atoms with Crippen molar-refractivity contribution in [3.05, 3.63) is 83.2 Å². The molecule has 1 fully saturated rings. The monoisotopic (exact) mass is 470 g/mol. The molecule has 174 valence electrons. The first kappa shape index (κ1) is 22.8. The number of halogens is 6. The minimum atomic E-state index is -4.78. The summed E-state index contributed by atoms with van der Waals surface area (Å²) in [4.78, 5) is 17.9. The van der Waals surface area contributed by atoms with Crippen LogP contribution in [0.25, 0.3) is 0 Å². The smallest absolute Gasteiger partial charge is 0.346 e. The maximum atomic E-state index is 14.8. The van der Waals surface area contributed by atoms with Crippen LogP contribution in [0, 0.1) is 17.5 Å². The number of rotatable bonds is 4. The van der Waals surface area contributed by atoms with Gasteiger partial charge in [-0.05, 0) is 31.2 Å². The highest BCUT2D eigenvalue weighted by molar-refractivity contribution is 5.95. The zero-order valence-corrected chi connectivity index (χ0v) is 17.0. The first-order chi connectivity index (χ1) is 15.5. The lowest BCUT2D eigenvalue weighted by Crippen LogP contribution is -2.46. The summed E-state index contributed by atoms with van der Waals surface area (Å²) in [5, 5.41) is 3.97. The predicted octanol–water partition coefficient (Wildman–Crippen LogP) is 4.13. The fourth-order valence-electron chi connectivity index (χ4n) is 3.88. The van der Waals surface area contributed by atoms with Crippen molar-refractivity contribution in [1.82, 2.24) is 19.7 Å². The Bertz CT molecular complexity index is 1180. The summed E-state index contributed by atoms with van der Waals surface area (Å²) in [6, 6.07) is 3.48. The maximum Gasteiger partial charge on any atom is 0.416 e. The number of carbonyl (C=O) groups excluding carboxylic acids is 1. The Hall–Kier alpha value is -3.41. The number of aromatic nitrogens is 3. The van der Waals surface area contributed by atoms with E-state index in [1.165, 1.54) is 30.3 Å². The minimum Gasteiger partial charge on any atom is -0.346 e. The Morgan fingerprint density at radius 2 is 1.91 bits per heavy atom. The van der Waals surface area contributed by atoms with E-state index in [1.54, 1.807) is 0 Å². The molecule has 12 heteroatoms. The zero-order chi connectivity index (χ0) is 24.0. The van der Waals surface area contributed by atoms with E-state index in [-0.39, 0.29) is 18.2 Å². The Morgan fingerprint density at radius 1 is 1.15 bits per heavy atom. The summed E-state index contributed by atoms with van der Waals surface area (Å²) in [6.45, 7) is 0.953. The van der Waals surface area contributed by atoms with Crippen LogP contribution in [0.3, 0.4) is 0 Å². The number of nitrogens with zero attached hydrogens (tertiary/aromatic N) is 4. The molecule has 3 aromatic rings. The highest BCUT2D eigenvalue weighted by atomic mass is 19.4. The molecule has 2 heterocycles. The molecule has 0 bridgehead atoms. The van der Waals surface area contributed by atoms with E-state index in [0.29, 0.717) is 12.1 Å². The largest absolute Gasteiger partial charge is 0.416 e. The molecule has 1 saturated heterocycles. The van der Waals surface area contributed by atoms with Gasteiger partial charge in [-0.15, -0.1) is 0 Å². The molecule has 6 nitrogen and oxygen atoms in total. The maximum absolute atomic E-state index is 14.8. The van der Waals surface area contributed by atoms with Crippen molar-refractivity contribution in [1.29, 1.82) is 0 Å². The second kappa shape index (κ2) is 8.18. The van der Waals surface area contributed by atoms with E-state index in [4.69, 9.17) is 4.74 Å². The van der Waals surface area contributed by atoms with Crippen molar-refractivity contribution in [3.63, 3.8) is 0 Å². The predicted molar refractivity (Wildman–Crippen MR) is 101 cm³/mol. The van der Waals surface area contributed by atoms with E-state index < -0.39 is 59.0 Å². The van der Waals surface area contributed by atoms with Gasteiger partial charge in [0.15, 0.2) is 0 Å². The topological polar surface area (TPSA) is 60.2 Å². The van der Waals surface area contributed by atoms with Gasteiger partial charge in [0.1, 0.15) is 42.4 Å². The fraction of sp³-hybridized carbons (Fsp3) is 0.286. The van der Waals surface area contributed by atoms with Crippen LogP contribution in [0.1, 0.15) is 28.4 Å². The number of amides is 1. The molecule has 1 aliphatic rings. The van der Waals surface area contributed by atoms with E-state index in [1.807, 2.05) is 0 Å². The molecular weight excluding hydrogens is 454 g/mol. The molecule has 0 N–H and O–H groups in total. The first-order valence-corrected chi connectivity index (χ1v) is 9.62. The van der Waals surface area contributed by atoms with E-state index in [0.717, 1.165) is 17.0 Å². The minimum absolute atomic E-state index is 0.0740. The van der Waals surface area contributed by atoms with Gasteiger partial charge in [0.05, 0.1) is 23.7 Å². The lowest BCUT2D eigenvalue weighted by Gasteiger charge is -2.34. The van der Waals surface area contributed by atoms with Gasteiger partial charge in [0, 0.05) is 11.6 Å². The molecule has 33 heavy (non-hydrogen) atoms. The molecule has 0 spiro atoms. The molecule has 1 aliphatic heterocycles. The van der Waals surface area contributed by atoms with Gasteiger partial charge in [0.25, 0.3) is 5.91 Å².